The van der Waals surface area contributed by atoms with Crippen molar-refractivity contribution < 1.29 is 9.18 Å². The van der Waals surface area contributed by atoms with E-state index in [-0.39, 0.29) is 40.0 Å². The van der Waals surface area contributed by atoms with Gasteiger partial charge in [0, 0.05) is 36.0 Å². The molecule has 10 heteroatoms. The van der Waals surface area contributed by atoms with E-state index in [0.717, 1.165) is 5.57 Å². The maximum Gasteiger partial charge on any atom is 0.251 e. The van der Waals surface area contributed by atoms with Gasteiger partial charge in [0.1, 0.15) is 23.8 Å². The van der Waals surface area contributed by atoms with Gasteiger partial charge in [0.15, 0.2) is 0 Å². The molecule has 0 saturated carbocycles. The molecule has 3 rings (SSSR count). The summed E-state index contributed by atoms with van der Waals surface area (Å²) in [6.45, 7) is 13.6. The van der Waals surface area contributed by atoms with Crippen LogP contribution >= 0.6 is 0 Å². The van der Waals surface area contributed by atoms with Crippen LogP contribution in [0, 0.1) is 16.6 Å². The fourth-order valence-corrected chi connectivity index (χ4v) is 3.89. The van der Waals surface area contributed by atoms with Crippen LogP contribution in [-0.2, 0) is 11.2 Å². The smallest absolute Gasteiger partial charge is 0.251 e. The summed E-state index contributed by atoms with van der Waals surface area (Å²) in [4.78, 5) is 26.6. The summed E-state index contributed by atoms with van der Waals surface area (Å²) in [6, 6.07) is 3.21. The van der Waals surface area contributed by atoms with Crippen molar-refractivity contribution in [1.29, 1.82) is 5.41 Å². The molecule has 6 N–H and O–H groups in total. The van der Waals surface area contributed by atoms with E-state index >= 15 is 4.39 Å². The zero-order valence-corrected chi connectivity index (χ0v) is 22.4. The van der Waals surface area contributed by atoms with Gasteiger partial charge in [-0.3, -0.25) is 15.2 Å². The Morgan fingerprint density at radius 1 is 1.30 bits per heavy atom. The normalized spacial score (nSPS) is 13.3. The largest absolute Gasteiger partial charge is 0.383 e. The van der Waals surface area contributed by atoms with Gasteiger partial charge in [0.25, 0.3) is 5.91 Å². The highest BCUT2D eigenvalue weighted by Crippen LogP contribution is 2.35. The quantitative estimate of drug-likeness (QED) is 0.252. The number of rotatable bonds is 7. The summed E-state index contributed by atoms with van der Waals surface area (Å²) in [7, 11) is 1.50. The highest BCUT2D eigenvalue weighted by Gasteiger charge is 2.30. The minimum Gasteiger partial charge on any atom is -0.383 e. The number of aromatic nitrogens is 2. The number of benzene rings is 1. The van der Waals surface area contributed by atoms with Crippen LogP contribution in [0.5, 0.6) is 0 Å². The predicted octanol–water partition coefficient (Wildman–Crippen LogP) is 4.09. The van der Waals surface area contributed by atoms with E-state index in [0.29, 0.717) is 30.0 Å². The maximum absolute atomic E-state index is 15.7. The summed E-state index contributed by atoms with van der Waals surface area (Å²) < 4.78 is 15.7. The third kappa shape index (κ3) is 6.65. The van der Waals surface area contributed by atoms with E-state index in [9.17, 15) is 4.79 Å². The van der Waals surface area contributed by atoms with Crippen LogP contribution in [-0.4, -0.2) is 47.9 Å². The van der Waals surface area contributed by atoms with E-state index in [1.54, 1.807) is 29.3 Å². The van der Waals surface area contributed by atoms with Crippen molar-refractivity contribution >= 4 is 35.7 Å². The standard InChI is InChI=1S/C26H32FN7O.CH5N/c1-15(2)33-25-21(24(29)31-14-32-25)23(28)18-7-8-19-17(22(18)27)10-12-34(19)20(35)13-16(9-11-30-6)26(3,4)5;1-2/h7-9,11,13-15,28H,6,10,12H2,1-5H3,(H3,29,31,32,33);2H2,1H3/b11-9-,16-13+,28-23?;. The van der Waals surface area contributed by atoms with Crippen molar-refractivity contribution in [3.8, 4) is 0 Å². The average Bonchev–Trinajstić information content (AvgIpc) is 3.27. The van der Waals surface area contributed by atoms with E-state index in [1.807, 2.05) is 34.6 Å². The number of aliphatic imine (C=N–C) groups is 1. The molecular weight excluding hydrogens is 471 g/mol. The molecule has 0 atom stereocenters. The lowest BCUT2D eigenvalue weighted by molar-refractivity contribution is -0.114. The molecule has 1 aromatic carbocycles. The Hall–Kier alpha value is -3.92. The van der Waals surface area contributed by atoms with Crippen LogP contribution in [0.25, 0.3) is 0 Å². The number of nitrogen functional groups attached to an aromatic ring is 1. The number of nitrogens with two attached hydrogens (primary N) is 2. The number of carbonyl (C=O) groups is 1. The zero-order chi connectivity index (χ0) is 27.9. The van der Waals surface area contributed by atoms with Gasteiger partial charge in [-0.15, -0.1) is 0 Å². The molecule has 198 valence electrons. The van der Waals surface area contributed by atoms with Crippen molar-refractivity contribution in [1.82, 2.24) is 9.97 Å². The molecule has 2 aromatic rings. The van der Waals surface area contributed by atoms with E-state index in [1.165, 1.54) is 19.4 Å². The first kappa shape index (κ1) is 29.3. The summed E-state index contributed by atoms with van der Waals surface area (Å²) in [5.74, 6) is -0.325. The summed E-state index contributed by atoms with van der Waals surface area (Å²) in [6.07, 6.45) is 6.49. The van der Waals surface area contributed by atoms with Gasteiger partial charge in [-0.1, -0.05) is 20.8 Å². The second kappa shape index (κ2) is 12.4. The van der Waals surface area contributed by atoms with Crippen LogP contribution in [0.2, 0.25) is 0 Å². The summed E-state index contributed by atoms with van der Waals surface area (Å²) in [5, 5.41) is 11.8. The van der Waals surface area contributed by atoms with Gasteiger partial charge in [-0.25, -0.2) is 14.4 Å². The van der Waals surface area contributed by atoms with Gasteiger partial charge < -0.3 is 21.7 Å². The monoisotopic (exact) mass is 508 g/mol. The van der Waals surface area contributed by atoms with Gasteiger partial charge in [-0.2, -0.15) is 0 Å². The van der Waals surface area contributed by atoms with Crippen molar-refractivity contribution in [2.24, 2.45) is 16.1 Å². The Morgan fingerprint density at radius 3 is 2.57 bits per heavy atom. The topological polar surface area (TPSA) is 146 Å². The Bertz CT molecular complexity index is 1230. The van der Waals surface area contributed by atoms with Gasteiger partial charge in [0.05, 0.1) is 17.0 Å². The number of halogens is 1. The molecule has 0 radical (unpaired) electrons. The van der Waals surface area contributed by atoms with Gasteiger partial charge >= 0.3 is 0 Å². The average molecular weight is 509 g/mol. The number of anilines is 3. The Labute approximate surface area is 218 Å². The van der Waals surface area contributed by atoms with Crippen LogP contribution in [0.1, 0.15) is 51.3 Å². The molecule has 0 fully saturated rings. The molecule has 1 aliphatic rings. The highest BCUT2D eigenvalue weighted by atomic mass is 19.1. The fourth-order valence-electron chi connectivity index (χ4n) is 3.89. The minimum absolute atomic E-state index is 0.0310. The number of nitrogens with one attached hydrogen (secondary N) is 2. The maximum atomic E-state index is 15.7. The molecule has 37 heavy (non-hydrogen) atoms. The number of allylic oxidation sites excluding steroid dienone is 2. The first-order valence-electron chi connectivity index (χ1n) is 12.0. The number of fused-ring (bicyclic) bond motifs is 1. The molecule has 0 saturated heterocycles. The van der Waals surface area contributed by atoms with Crippen LogP contribution in [0.4, 0.5) is 21.7 Å². The zero-order valence-electron chi connectivity index (χ0n) is 22.4. The number of carbonyl (C=O) groups excluding carboxylic acids is 1. The van der Waals surface area contributed by atoms with Crippen molar-refractivity contribution in [2.75, 3.05) is 29.5 Å². The molecule has 0 bridgehead atoms. The van der Waals surface area contributed by atoms with Gasteiger partial charge in [-0.05, 0) is 63.2 Å². The van der Waals surface area contributed by atoms with Crippen molar-refractivity contribution in [3.63, 3.8) is 0 Å². The van der Waals surface area contributed by atoms with Crippen molar-refractivity contribution in [3.05, 3.63) is 64.9 Å². The molecule has 1 amide bonds. The lowest BCUT2D eigenvalue weighted by Gasteiger charge is -2.22. The predicted molar refractivity (Wildman–Crippen MR) is 150 cm³/mol. The lowest BCUT2D eigenvalue weighted by Crippen LogP contribution is -2.28. The highest BCUT2D eigenvalue weighted by molar-refractivity contribution is 6.17. The Morgan fingerprint density at radius 2 is 1.97 bits per heavy atom. The summed E-state index contributed by atoms with van der Waals surface area (Å²) >= 11 is 0. The summed E-state index contributed by atoms with van der Waals surface area (Å²) in [5.41, 5.74) is 12.1. The molecule has 0 unspecified atom stereocenters. The molecule has 9 nitrogen and oxygen atoms in total. The second-order valence-corrected chi connectivity index (χ2v) is 9.67. The fraction of sp³-hybridized carbons (Fsp3) is 0.370. The third-order valence-corrected chi connectivity index (χ3v) is 5.69. The second-order valence-electron chi connectivity index (χ2n) is 9.67. The first-order valence-corrected chi connectivity index (χ1v) is 12.0. The number of amides is 1. The molecule has 1 aliphatic heterocycles. The molecule has 0 spiro atoms. The Balaban J connectivity index is 0.00000235. The number of nitrogens with zero attached hydrogens (tertiary/aromatic N) is 4. The first-order chi connectivity index (χ1) is 17.5. The van der Waals surface area contributed by atoms with Crippen molar-refractivity contribution in [2.45, 2.75) is 47.1 Å². The number of hydrogen-bond donors (Lipinski definition) is 4. The molecular formula is C27H37FN8O. The third-order valence-electron chi connectivity index (χ3n) is 5.69. The number of hydrogen-bond acceptors (Lipinski definition) is 8. The lowest BCUT2D eigenvalue weighted by atomic mass is 9.86. The SMILES string of the molecule is C=N/C=C\C(=C/C(=O)N1CCc2c1ccc(C(=N)c1c(N)ncnc1NC(C)C)c2F)C(C)(C)C.CN. The molecule has 0 aliphatic carbocycles. The van der Waals surface area contributed by atoms with Crippen LogP contribution in [0.3, 0.4) is 0 Å². The Kier molecular flexibility index (Phi) is 9.79. The van der Waals surface area contributed by atoms with Crippen LogP contribution < -0.4 is 21.7 Å². The molecule has 1 aromatic heterocycles. The van der Waals surface area contributed by atoms with E-state index in [2.05, 4.69) is 32.7 Å². The van der Waals surface area contributed by atoms with E-state index in [4.69, 9.17) is 11.1 Å². The van der Waals surface area contributed by atoms with E-state index < -0.39 is 5.82 Å². The van der Waals surface area contributed by atoms with Crippen LogP contribution in [0.15, 0.2) is 47.4 Å². The minimum atomic E-state index is -0.544. The molecule has 2 heterocycles. The van der Waals surface area contributed by atoms with Gasteiger partial charge in [0.2, 0.25) is 0 Å².